The zero-order valence-corrected chi connectivity index (χ0v) is 72.4. The molecule has 46 heteroatoms. The zero-order chi connectivity index (χ0) is 96.1. The number of rotatable bonds is 39. The number of carboxylic acids is 4. The molecule has 23 N–H and O–H groups in total. The minimum atomic E-state index is -4.29. The van der Waals surface area contributed by atoms with Gasteiger partial charge in [-0.25, -0.2) is 22.7 Å². The van der Waals surface area contributed by atoms with E-state index in [4.69, 9.17) is 20.9 Å². The molecule has 2 aliphatic rings. The molecule has 1 fully saturated rings. The number of nitrogens with one attached hydrogen (secondary N) is 14. The quantitative estimate of drug-likeness (QED) is 0.00910. The number of hydrogen-bond acceptors (Lipinski definition) is 26. The van der Waals surface area contributed by atoms with Crippen molar-refractivity contribution in [3.8, 4) is 11.1 Å². The molecular formula is C84H110N16O29S. The van der Waals surface area contributed by atoms with Gasteiger partial charge in [-0.05, 0) is 85.4 Å². The smallest absolute Gasteiger partial charge is 0.407 e. The van der Waals surface area contributed by atoms with Gasteiger partial charge in [0.15, 0.2) is 5.78 Å². The average molecular weight is 1840 g/mol. The summed E-state index contributed by atoms with van der Waals surface area (Å²) in [6.07, 6.45) is -6.59. The van der Waals surface area contributed by atoms with E-state index < -0.39 is 283 Å². The largest absolute Gasteiger partial charge is 0.481 e. The van der Waals surface area contributed by atoms with Gasteiger partial charge in [-0.1, -0.05) is 143 Å². The van der Waals surface area contributed by atoms with Crippen LogP contribution in [0.2, 0.25) is 0 Å². The van der Waals surface area contributed by atoms with E-state index in [9.17, 15) is 120 Å². The molecule has 4 aromatic rings. The van der Waals surface area contributed by atoms with E-state index >= 15 is 9.59 Å². The van der Waals surface area contributed by atoms with Crippen LogP contribution < -0.4 is 85.3 Å². The van der Waals surface area contributed by atoms with Gasteiger partial charge in [-0.2, -0.15) is 0 Å². The molecule has 1 aliphatic carbocycles. The van der Waals surface area contributed by atoms with E-state index in [1.54, 1.807) is 30.3 Å². The highest BCUT2D eigenvalue weighted by Gasteiger charge is 2.42. The van der Waals surface area contributed by atoms with Crippen LogP contribution in [0.4, 0.5) is 10.5 Å². The molecule has 6 rings (SSSR count). The highest BCUT2D eigenvalue weighted by Crippen LogP contribution is 2.44. The number of aliphatic carboxylic acids is 4. The molecule has 706 valence electrons. The van der Waals surface area contributed by atoms with E-state index in [0.717, 1.165) is 68.7 Å². The van der Waals surface area contributed by atoms with Crippen LogP contribution in [0, 0.1) is 5.92 Å². The first-order chi connectivity index (χ1) is 61.6. The predicted octanol–water partition coefficient (Wildman–Crippen LogP) is -3.11. The van der Waals surface area contributed by atoms with Crippen molar-refractivity contribution in [2.75, 3.05) is 44.3 Å². The van der Waals surface area contributed by atoms with E-state index in [0.29, 0.717) is 18.4 Å². The first kappa shape index (κ1) is 105. The lowest BCUT2D eigenvalue weighted by molar-refractivity contribution is -0.156. The number of carbonyl (C=O) groups is 20. The van der Waals surface area contributed by atoms with Crippen LogP contribution in [0.25, 0.3) is 11.1 Å². The molecule has 13 atom stereocenters. The average Bonchev–Trinajstić information content (AvgIpc) is 1.61. The van der Waals surface area contributed by atoms with Gasteiger partial charge in [0.2, 0.25) is 86.8 Å². The second-order valence-electron chi connectivity index (χ2n) is 31.0. The number of nitrogen functional groups attached to an aromatic ring is 1. The van der Waals surface area contributed by atoms with E-state index in [2.05, 4.69) is 52.6 Å². The molecule has 45 nitrogen and oxygen atoms in total. The summed E-state index contributed by atoms with van der Waals surface area (Å²) in [6, 6.07) is 4.18. The summed E-state index contributed by atoms with van der Waals surface area (Å²) < 4.78 is 41.0. The number of aliphatic hydroxyl groups excluding tert-OH is 1. The van der Waals surface area contributed by atoms with Crippen molar-refractivity contribution in [1.82, 2.24) is 73.8 Å². The number of hydrogen-bond donors (Lipinski definition) is 21. The van der Waals surface area contributed by atoms with Crippen molar-refractivity contribution in [2.24, 2.45) is 11.7 Å². The fourth-order valence-corrected chi connectivity index (χ4v) is 15.2. The van der Waals surface area contributed by atoms with E-state index in [1.807, 2.05) is 76.7 Å². The number of anilines is 1. The second kappa shape index (κ2) is 51.7. The van der Waals surface area contributed by atoms with Crippen LogP contribution >= 0.6 is 0 Å². The molecule has 0 spiro atoms. The topological polar surface area (TPSA) is 716 Å². The normalized spacial score (nSPS) is 20.5. The number of fused-ring (bicyclic) bond motifs is 3. The fraction of sp³-hybridized carbons (Fsp3) is 0.476. The lowest BCUT2D eigenvalue weighted by Crippen LogP contribution is -2.62. The number of cyclic esters (lactones) is 1. The monoisotopic (exact) mass is 1840 g/mol. The first-order valence-corrected chi connectivity index (χ1v) is 43.3. The minimum absolute atomic E-state index is 0.160. The van der Waals surface area contributed by atoms with Crippen LogP contribution in [0.5, 0.6) is 0 Å². The molecule has 0 radical (unpaired) electrons. The lowest BCUT2D eigenvalue weighted by Gasteiger charge is -2.30. The molecule has 0 aromatic heterocycles. The van der Waals surface area contributed by atoms with Crippen molar-refractivity contribution >= 4 is 134 Å². The summed E-state index contributed by atoms with van der Waals surface area (Å²) in [6.45, 7) is 0.539. The predicted molar refractivity (Wildman–Crippen MR) is 457 cm³/mol. The number of benzene rings is 4. The van der Waals surface area contributed by atoms with Crippen LogP contribution in [0.15, 0.2) is 103 Å². The number of unbranched alkanes of at least 4 members (excludes halogenated alkanes) is 6. The maximum absolute atomic E-state index is 15.0. The standard InChI is InChI=1S/C84H110N16O29S/c1-5-6-7-8-9-10-20-32-130(126,127)100-60(34-47-22-12-11-13-23-47)79(120)94-56(36-64(86)103)77(118)96-59(39-70(112)113)78(119)99-72-46(4)129-83(124)61(35-63(102)52-28-18-19-29-54(52)85)97-82(123)71(44(2)33-67(106)107)98-80(121)62(42-101)92-66(105)40-88-74(115)57(37-68(108)109)93-73(114)45(3)90-76(117)58(38-69(110)111)95-75(116)55(91-65(104)41-89-81(72)122)30-21-31-87-84(125)128-43-53-50-26-16-14-24-48(50)49-25-15-17-27-51(49)53/h11-19,22-29,44-46,53,55-62,71-72,100-101H,5-10,20-21,30-43,85H2,1-4H3,(H2,86,103)(H,87,125)(H,88,115)(H,89,122)(H,90,117)(H,91,104)(H,92,105)(H,93,114)(H,94,120)(H,95,116)(H,96,118)(H,97,123)(H,98,121)(H,99,119)(H,106,107)(H,108,109)(H,110,111)(H,112,113)/t44?,45?,46?,55?,56-,57?,58?,59-,60-,61?,62?,71?,72?/m0/s1. The zero-order valence-electron chi connectivity index (χ0n) is 71.6. The van der Waals surface area contributed by atoms with Crippen molar-refractivity contribution in [3.63, 3.8) is 0 Å². The van der Waals surface area contributed by atoms with Gasteiger partial charge >= 0.3 is 35.9 Å². The van der Waals surface area contributed by atoms with Crippen LogP contribution in [-0.4, -0.2) is 264 Å². The van der Waals surface area contributed by atoms with Gasteiger partial charge in [-0.15, -0.1) is 0 Å². The third-order valence-electron chi connectivity index (χ3n) is 20.6. The number of aliphatic hydroxyl groups is 1. The number of carbonyl (C=O) groups excluding carboxylic acids is 16. The maximum atomic E-state index is 15.0. The van der Waals surface area contributed by atoms with Crippen LogP contribution in [0.1, 0.15) is 157 Å². The Kier molecular flexibility index (Phi) is 41.6. The number of esters is 1. The van der Waals surface area contributed by atoms with Gasteiger partial charge in [0, 0.05) is 30.1 Å². The first-order valence-electron chi connectivity index (χ1n) is 41.6. The number of Topliss-reactive ketones (excluding diaryl/α,β-unsaturated/α-hetero) is 1. The Labute approximate surface area is 745 Å². The summed E-state index contributed by atoms with van der Waals surface area (Å²) in [7, 11) is -4.29. The Morgan fingerprint density at radius 3 is 1.63 bits per heavy atom. The number of carboxylic acid groups (broad SMARTS) is 4. The van der Waals surface area contributed by atoms with Gasteiger partial charge in [0.1, 0.15) is 79.2 Å². The van der Waals surface area contributed by atoms with Gasteiger partial charge in [-0.3, -0.25) is 86.3 Å². The highest BCUT2D eigenvalue weighted by molar-refractivity contribution is 7.89. The lowest BCUT2D eigenvalue weighted by atomic mass is 9.96. The third kappa shape index (κ3) is 34.3. The van der Waals surface area contributed by atoms with Gasteiger partial charge < -0.3 is 116 Å². The van der Waals surface area contributed by atoms with Crippen molar-refractivity contribution in [3.05, 3.63) is 125 Å². The summed E-state index contributed by atoms with van der Waals surface area (Å²) >= 11 is 0. The Bertz CT molecular complexity index is 4860. The van der Waals surface area contributed by atoms with E-state index in [-0.39, 0.29) is 43.7 Å². The number of primary amides is 1. The summed E-state index contributed by atoms with van der Waals surface area (Å²) in [5, 5.41) is 78.3. The molecule has 10 unspecified atom stereocenters. The molecule has 4 aromatic carbocycles. The van der Waals surface area contributed by atoms with Crippen LogP contribution in [-0.2, 0) is 112 Å². The molecule has 1 aliphatic heterocycles. The Hall–Kier alpha value is -14.0. The Morgan fingerprint density at radius 2 is 1.05 bits per heavy atom. The minimum Gasteiger partial charge on any atom is -0.481 e. The van der Waals surface area contributed by atoms with Crippen LogP contribution in [0.3, 0.4) is 0 Å². The van der Waals surface area contributed by atoms with Crippen molar-refractivity contribution < 1.29 is 139 Å². The summed E-state index contributed by atoms with van der Waals surface area (Å²) in [5.41, 5.74) is 15.1. The van der Waals surface area contributed by atoms with E-state index in [1.165, 1.54) is 24.3 Å². The summed E-state index contributed by atoms with van der Waals surface area (Å²) in [4.78, 5) is 276. The number of para-hydroxylation sites is 1. The molecule has 0 saturated carbocycles. The van der Waals surface area contributed by atoms with Crippen molar-refractivity contribution in [1.29, 1.82) is 0 Å². The number of sulfonamides is 1. The highest BCUT2D eigenvalue weighted by atomic mass is 32.2. The SMILES string of the molecule is CCCCCCCCCS(=O)(=O)N[C@@H](Cc1ccccc1)C(=O)N[C@@H](CC(N)=O)C(=O)N[C@@H](CC(=O)O)C(=O)NC1C(=O)NCC(=O)NC(CCCNC(=O)OCC2c3ccccc3-c3ccccc32)C(=O)NC(CC(=O)O)C(=O)NC(C)C(=O)NC(CC(=O)O)C(=O)NCC(=O)NC(CO)C(=O)NC(C(C)CC(=O)O)C(=O)NC(CC(=O)c2ccccc2N)C(=O)OC1C. The molecular weight excluding hydrogens is 1730 g/mol. The number of amides is 14. The maximum Gasteiger partial charge on any atom is 0.407 e. The number of alkyl carbamates (subject to hydrolysis) is 1. The van der Waals surface area contributed by atoms with Gasteiger partial charge in [0.05, 0.1) is 57.6 Å². The number of ketones is 1. The molecule has 130 heavy (non-hydrogen) atoms. The molecule has 1 heterocycles. The molecule has 14 amide bonds. The number of nitrogens with two attached hydrogens (primary N) is 2. The Balaban J connectivity index is 1.42. The fourth-order valence-electron chi connectivity index (χ4n) is 13.9. The molecule has 0 bridgehead atoms. The second-order valence-corrected chi connectivity index (χ2v) is 32.8. The van der Waals surface area contributed by atoms with Crippen molar-refractivity contribution in [2.45, 2.75) is 209 Å². The van der Waals surface area contributed by atoms with Gasteiger partial charge in [0.25, 0.3) is 0 Å². The summed E-state index contributed by atoms with van der Waals surface area (Å²) in [5.74, 6) is -31.1. The third-order valence-corrected chi connectivity index (χ3v) is 22.1. The number of ether oxygens (including phenoxy) is 2. The molecule has 1 saturated heterocycles. The Morgan fingerprint density at radius 1 is 0.531 bits per heavy atom.